The van der Waals surface area contributed by atoms with Crippen LogP contribution in [0.1, 0.15) is 22.9 Å². The number of furan rings is 1. The van der Waals surface area contributed by atoms with E-state index in [2.05, 4.69) is 15.9 Å². The molecule has 0 fully saturated rings. The van der Waals surface area contributed by atoms with Crippen molar-refractivity contribution in [2.24, 2.45) is 5.73 Å². The van der Waals surface area contributed by atoms with Crippen LogP contribution in [0.3, 0.4) is 0 Å². The number of nitrogens with two attached hydrogens (primary N) is 1. The summed E-state index contributed by atoms with van der Waals surface area (Å²) in [5.41, 5.74) is 8.97. The van der Waals surface area contributed by atoms with Crippen molar-refractivity contribution in [1.29, 1.82) is 0 Å². The summed E-state index contributed by atoms with van der Waals surface area (Å²) in [6, 6.07) is 10.8. The topological polar surface area (TPSA) is 39.2 Å². The third-order valence-electron chi connectivity index (χ3n) is 3.39. The van der Waals surface area contributed by atoms with Gasteiger partial charge in [-0.1, -0.05) is 45.2 Å². The number of rotatable bonds is 2. The minimum Gasteiger partial charge on any atom is -0.459 e. The van der Waals surface area contributed by atoms with Gasteiger partial charge in [0.1, 0.15) is 11.3 Å². The number of aryl methyl sites for hydroxylation is 1. The van der Waals surface area contributed by atoms with Crippen molar-refractivity contribution in [2.75, 3.05) is 0 Å². The third-order valence-corrected chi connectivity index (χ3v) is 4.41. The van der Waals surface area contributed by atoms with Crippen molar-refractivity contribution >= 4 is 50.1 Å². The van der Waals surface area contributed by atoms with Gasteiger partial charge in [0.25, 0.3) is 0 Å². The van der Waals surface area contributed by atoms with Crippen molar-refractivity contribution in [3.63, 3.8) is 0 Å². The molecular weight excluding hydrogens is 373 g/mol. The molecule has 3 rings (SSSR count). The number of benzene rings is 2. The summed E-state index contributed by atoms with van der Waals surface area (Å²) < 4.78 is 6.93. The summed E-state index contributed by atoms with van der Waals surface area (Å²) in [5, 5.41) is 2.13. The Morgan fingerprint density at radius 3 is 2.62 bits per heavy atom. The van der Waals surface area contributed by atoms with Crippen molar-refractivity contribution in [2.45, 2.75) is 13.0 Å². The quantitative estimate of drug-likeness (QED) is 0.601. The van der Waals surface area contributed by atoms with Crippen LogP contribution in [0.2, 0.25) is 10.0 Å². The molecule has 0 saturated carbocycles. The van der Waals surface area contributed by atoms with Gasteiger partial charge in [-0.25, -0.2) is 0 Å². The fourth-order valence-corrected chi connectivity index (χ4v) is 3.48. The first-order chi connectivity index (χ1) is 9.95. The van der Waals surface area contributed by atoms with Gasteiger partial charge in [-0.3, -0.25) is 0 Å². The molecule has 2 N–H and O–H groups in total. The fourth-order valence-electron chi connectivity index (χ4n) is 2.36. The summed E-state index contributed by atoms with van der Waals surface area (Å²) in [6.45, 7) is 2.00. The molecule has 1 unspecified atom stereocenters. The van der Waals surface area contributed by atoms with Crippen molar-refractivity contribution < 1.29 is 4.42 Å². The molecule has 5 heteroatoms. The fraction of sp³-hybridized carbons (Fsp3) is 0.125. The molecule has 2 aromatic carbocycles. The van der Waals surface area contributed by atoms with E-state index >= 15 is 0 Å². The Bertz CT molecular complexity index is 829. The predicted octanol–water partition coefficient (Wildman–Crippen LogP) is 5.86. The van der Waals surface area contributed by atoms with Crippen LogP contribution < -0.4 is 5.73 Å². The molecule has 0 aliphatic heterocycles. The number of hydrogen-bond acceptors (Lipinski definition) is 2. The second-order valence-corrected chi connectivity index (χ2v) is 6.69. The second kappa shape index (κ2) is 5.65. The van der Waals surface area contributed by atoms with Crippen molar-refractivity contribution in [3.05, 3.63) is 67.8 Å². The van der Waals surface area contributed by atoms with Gasteiger partial charge < -0.3 is 10.2 Å². The van der Waals surface area contributed by atoms with Crippen LogP contribution in [0.5, 0.6) is 0 Å². The zero-order valence-electron chi connectivity index (χ0n) is 11.2. The second-order valence-electron chi connectivity index (χ2n) is 4.93. The normalized spacial score (nSPS) is 12.8. The average molecular weight is 385 g/mol. The maximum atomic E-state index is 6.29. The molecular formula is C16H12BrCl2NO. The Morgan fingerprint density at radius 1 is 1.14 bits per heavy atom. The molecule has 2 nitrogen and oxygen atoms in total. The van der Waals surface area contributed by atoms with E-state index in [-0.39, 0.29) is 0 Å². The average Bonchev–Trinajstić information content (AvgIpc) is 2.82. The predicted molar refractivity (Wildman–Crippen MR) is 91.1 cm³/mol. The first-order valence-electron chi connectivity index (χ1n) is 6.36. The van der Waals surface area contributed by atoms with Gasteiger partial charge in [-0.05, 0) is 48.4 Å². The highest BCUT2D eigenvalue weighted by molar-refractivity contribution is 9.10. The Balaban J connectivity index is 2.09. The first kappa shape index (κ1) is 14.9. The van der Waals surface area contributed by atoms with Crippen LogP contribution >= 0.6 is 39.1 Å². The molecule has 108 valence electrons. The Kier molecular flexibility index (Phi) is 4.02. The zero-order valence-corrected chi connectivity index (χ0v) is 14.3. The van der Waals surface area contributed by atoms with E-state index in [0.717, 1.165) is 26.6 Å². The van der Waals surface area contributed by atoms with Gasteiger partial charge in [-0.2, -0.15) is 0 Å². The molecule has 0 spiro atoms. The molecule has 3 aromatic rings. The zero-order chi connectivity index (χ0) is 15.1. The van der Waals surface area contributed by atoms with Gasteiger partial charge in [0.15, 0.2) is 0 Å². The molecule has 0 bridgehead atoms. The SMILES string of the molecule is Cc1cc(Br)cc2cc(C(N)c3ccc(Cl)cc3Cl)oc12. The van der Waals surface area contributed by atoms with Gasteiger partial charge >= 0.3 is 0 Å². The van der Waals surface area contributed by atoms with Crippen molar-refractivity contribution in [1.82, 2.24) is 0 Å². The minimum atomic E-state index is -0.430. The van der Waals surface area contributed by atoms with E-state index in [0.29, 0.717) is 15.8 Å². The van der Waals surface area contributed by atoms with E-state index in [4.69, 9.17) is 33.4 Å². The standard InChI is InChI=1S/C16H12BrCl2NO/c1-8-4-10(17)5-9-6-14(21-16(8)9)15(20)12-3-2-11(18)7-13(12)19/h2-7,15H,20H2,1H3. The first-order valence-corrected chi connectivity index (χ1v) is 7.90. The lowest BCUT2D eigenvalue weighted by atomic mass is 10.1. The molecule has 1 aromatic heterocycles. The highest BCUT2D eigenvalue weighted by Gasteiger charge is 2.18. The molecule has 1 atom stereocenters. The Hall–Kier alpha value is -1.00. The summed E-state index contributed by atoms with van der Waals surface area (Å²) in [4.78, 5) is 0. The van der Waals surface area contributed by atoms with Gasteiger partial charge in [0, 0.05) is 19.9 Å². The molecule has 0 saturated heterocycles. The van der Waals surface area contributed by atoms with E-state index in [9.17, 15) is 0 Å². The van der Waals surface area contributed by atoms with E-state index in [1.807, 2.05) is 31.2 Å². The lowest BCUT2D eigenvalue weighted by Gasteiger charge is -2.11. The third kappa shape index (κ3) is 2.84. The molecule has 0 radical (unpaired) electrons. The van der Waals surface area contributed by atoms with Crippen LogP contribution in [0, 0.1) is 6.92 Å². The van der Waals surface area contributed by atoms with Crippen molar-refractivity contribution in [3.8, 4) is 0 Å². The summed E-state index contributed by atoms with van der Waals surface area (Å²) >= 11 is 15.6. The lowest BCUT2D eigenvalue weighted by molar-refractivity contribution is 0.523. The minimum absolute atomic E-state index is 0.430. The molecule has 0 aliphatic carbocycles. The number of halogens is 3. The molecule has 0 amide bonds. The van der Waals surface area contributed by atoms with Crippen LogP contribution in [0.4, 0.5) is 0 Å². The van der Waals surface area contributed by atoms with Crippen LogP contribution in [-0.2, 0) is 0 Å². The smallest absolute Gasteiger partial charge is 0.137 e. The van der Waals surface area contributed by atoms with Gasteiger partial charge in [0.2, 0.25) is 0 Å². The monoisotopic (exact) mass is 383 g/mol. The largest absolute Gasteiger partial charge is 0.459 e. The summed E-state index contributed by atoms with van der Waals surface area (Å²) in [5.74, 6) is 0.676. The number of hydrogen-bond donors (Lipinski definition) is 1. The number of fused-ring (bicyclic) bond motifs is 1. The maximum absolute atomic E-state index is 6.29. The van der Waals surface area contributed by atoms with E-state index < -0.39 is 6.04 Å². The summed E-state index contributed by atoms with van der Waals surface area (Å²) in [7, 11) is 0. The molecule has 0 aliphatic rings. The Labute approximate surface area is 141 Å². The Morgan fingerprint density at radius 2 is 1.90 bits per heavy atom. The van der Waals surface area contributed by atoms with Gasteiger partial charge in [0.05, 0.1) is 6.04 Å². The van der Waals surface area contributed by atoms with Gasteiger partial charge in [-0.15, -0.1) is 0 Å². The van der Waals surface area contributed by atoms with E-state index in [1.165, 1.54) is 0 Å². The van der Waals surface area contributed by atoms with Crippen LogP contribution in [0.25, 0.3) is 11.0 Å². The van der Waals surface area contributed by atoms with Crippen LogP contribution in [-0.4, -0.2) is 0 Å². The van der Waals surface area contributed by atoms with E-state index in [1.54, 1.807) is 12.1 Å². The van der Waals surface area contributed by atoms with Crippen LogP contribution in [0.15, 0.2) is 45.3 Å². The lowest BCUT2D eigenvalue weighted by Crippen LogP contribution is -2.11. The highest BCUT2D eigenvalue weighted by atomic mass is 79.9. The maximum Gasteiger partial charge on any atom is 0.137 e. The molecule has 21 heavy (non-hydrogen) atoms. The highest BCUT2D eigenvalue weighted by Crippen LogP contribution is 2.33. The summed E-state index contributed by atoms with van der Waals surface area (Å²) in [6.07, 6.45) is 0. The molecule has 1 heterocycles.